The monoisotopic (exact) mass is 263 g/mol. The molecule has 0 aliphatic rings. The highest BCUT2D eigenvalue weighted by atomic mass is 32.2. The first-order chi connectivity index (χ1) is 8.00. The summed E-state index contributed by atoms with van der Waals surface area (Å²) in [6.45, 7) is 0.939. The van der Waals surface area contributed by atoms with Crippen LogP contribution in [-0.4, -0.2) is 27.9 Å². The van der Waals surface area contributed by atoms with Gasteiger partial charge in [0.05, 0.1) is 0 Å². The van der Waals surface area contributed by atoms with E-state index < -0.39 is 28.2 Å². The Kier molecular flexibility index (Phi) is 5.50. The van der Waals surface area contributed by atoms with Gasteiger partial charge in [-0.05, 0) is 30.7 Å². The van der Waals surface area contributed by atoms with Gasteiger partial charge in [0.2, 0.25) is 0 Å². The molecule has 6 heteroatoms. The Labute approximate surface area is 101 Å². The highest BCUT2D eigenvalue weighted by Crippen LogP contribution is 2.21. The molecule has 1 aromatic carbocycles. The topological polar surface area (TPSA) is 49.3 Å². The van der Waals surface area contributed by atoms with E-state index in [4.69, 9.17) is 5.11 Å². The Bertz CT molecular complexity index is 389. The number of benzene rings is 1. The van der Waals surface area contributed by atoms with Crippen LogP contribution in [0.1, 0.15) is 12.0 Å². The Morgan fingerprint density at radius 2 is 1.94 bits per heavy atom. The molecule has 1 atom stereocenters. The van der Waals surface area contributed by atoms with Crippen LogP contribution in [0.5, 0.6) is 5.75 Å². The van der Waals surface area contributed by atoms with Crippen LogP contribution in [0.4, 0.5) is 8.78 Å². The van der Waals surface area contributed by atoms with Gasteiger partial charge >= 0.3 is 0 Å². The molecular formula is C11H15F2NO2S. The summed E-state index contributed by atoms with van der Waals surface area (Å²) in [5.74, 6) is -2.27. The van der Waals surface area contributed by atoms with Crippen LogP contribution >= 0.6 is 0 Å². The molecule has 0 spiro atoms. The van der Waals surface area contributed by atoms with Crippen molar-refractivity contribution in [3.8, 4) is 5.75 Å². The van der Waals surface area contributed by atoms with Crippen molar-refractivity contribution in [2.45, 2.75) is 13.0 Å². The minimum atomic E-state index is -0.962. The molecule has 3 nitrogen and oxygen atoms in total. The predicted octanol–water partition coefficient (Wildman–Crippen LogP) is 1.53. The maximum Gasteiger partial charge on any atom is 0.187 e. The third-order valence-corrected chi connectivity index (χ3v) is 3.05. The molecule has 1 aromatic rings. The highest BCUT2D eigenvalue weighted by molar-refractivity contribution is 7.84. The van der Waals surface area contributed by atoms with Crippen molar-refractivity contribution in [1.82, 2.24) is 5.32 Å². The third-order valence-electron chi connectivity index (χ3n) is 2.19. The average molecular weight is 263 g/mol. The smallest absolute Gasteiger partial charge is 0.187 e. The van der Waals surface area contributed by atoms with Crippen molar-refractivity contribution in [3.63, 3.8) is 0 Å². The molecule has 0 aliphatic carbocycles. The molecule has 2 N–H and O–H groups in total. The second kappa shape index (κ2) is 6.66. The van der Waals surface area contributed by atoms with E-state index in [1.54, 1.807) is 6.26 Å². The van der Waals surface area contributed by atoms with Gasteiger partial charge in [-0.2, -0.15) is 0 Å². The van der Waals surface area contributed by atoms with Gasteiger partial charge in [0.15, 0.2) is 17.4 Å². The fraction of sp³-hybridized carbons (Fsp3) is 0.455. The van der Waals surface area contributed by atoms with E-state index >= 15 is 0 Å². The summed E-state index contributed by atoms with van der Waals surface area (Å²) < 4.78 is 36.7. The van der Waals surface area contributed by atoms with Gasteiger partial charge in [0, 0.05) is 29.4 Å². The number of nitrogens with one attached hydrogen (secondary N) is 1. The van der Waals surface area contributed by atoms with Crippen molar-refractivity contribution < 1.29 is 18.1 Å². The fourth-order valence-corrected chi connectivity index (χ4v) is 1.90. The third kappa shape index (κ3) is 4.79. The first-order valence-corrected chi connectivity index (χ1v) is 6.91. The average Bonchev–Trinajstić information content (AvgIpc) is 2.25. The highest BCUT2D eigenvalue weighted by Gasteiger charge is 2.08. The van der Waals surface area contributed by atoms with Crippen molar-refractivity contribution in [2.24, 2.45) is 0 Å². The molecule has 1 unspecified atom stereocenters. The summed E-state index contributed by atoms with van der Waals surface area (Å²) in [5, 5.41) is 11.9. The maximum atomic E-state index is 13.0. The van der Waals surface area contributed by atoms with E-state index in [1.807, 2.05) is 0 Å². The lowest BCUT2D eigenvalue weighted by Gasteiger charge is -2.06. The molecule has 0 aliphatic heterocycles. The lowest BCUT2D eigenvalue weighted by Crippen LogP contribution is -2.16. The van der Waals surface area contributed by atoms with Gasteiger partial charge in [-0.15, -0.1) is 0 Å². The van der Waals surface area contributed by atoms with E-state index in [1.165, 1.54) is 0 Å². The van der Waals surface area contributed by atoms with E-state index in [9.17, 15) is 13.0 Å². The Morgan fingerprint density at radius 3 is 2.47 bits per heavy atom. The molecule has 0 aromatic heterocycles. The van der Waals surface area contributed by atoms with E-state index in [2.05, 4.69) is 5.32 Å². The Morgan fingerprint density at radius 1 is 1.35 bits per heavy atom. The molecule has 0 heterocycles. The minimum Gasteiger partial charge on any atom is -0.503 e. The largest absolute Gasteiger partial charge is 0.503 e. The van der Waals surface area contributed by atoms with Crippen LogP contribution in [0.3, 0.4) is 0 Å². The molecular weight excluding hydrogens is 248 g/mol. The van der Waals surface area contributed by atoms with Crippen LogP contribution in [0.15, 0.2) is 12.1 Å². The second-order valence-corrected chi connectivity index (χ2v) is 5.27. The molecule has 0 amide bonds. The zero-order valence-corrected chi connectivity index (χ0v) is 10.3. The summed E-state index contributed by atoms with van der Waals surface area (Å²) >= 11 is 0. The molecule has 1 rings (SSSR count). The number of rotatable bonds is 6. The molecule has 0 radical (unpaired) electrons. The van der Waals surface area contributed by atoms with Gasteiger partial charge in [-0.25, -0.2) is 8.78 Å². The number of hydrogen-bond donors (Lipinski definition) is 2. The molecule has 0 saturated carbocycles. The van der Waals surface area contributed by atoms with Crippen LogP contribution in [0.25, 0.3) is 0 Å². The normalized spacial score (nSPS) is 12.6. The molecule has 17 heavy (non-hydrogen) atoms. The van der Waals surface area contributed by atoms with Crippen LogP contribution in [0.2, 0.25) is 0 Å². The first kappa shape index (κ1) is 14.1. The van der Waals surface area contributed by atoms with Gasteiger partial charge < -0.3 is 10.4 Å². The van der Waals surface area contributed by atoms with Gasteiger partial charge in [0.25, 0.3) is 0 Å². The van der Waals surface area contributed by atoms with Crippen LogP contribution in [-0.2, 0) is 17.3 Å². The quantitative estimate of drug-likeness (QED) is 0.765. The SMILES string of the molecule is CS(=O)CCCNCc1cc(F)c(O)c(F)c1. The second-order valence-electron chi connectivity index (χ2n) is 3.72. The first-order valence-electron chi connectivity index (χ1n) is 5.18. The molecule has 96 valence electrons. The van der Waals surface area contributed by atoms with Crippen molar-refractivity contribution in [1.29, 1.82) is 0 Å². The Balaban J connectivity index is 2.39. The lowest BCUT2D eigenvalue weighted by atomic mass is 10.2. The fourth-order valence-electron chi connectivity index (χ4n) is 1.35. The van der Waals surface area contributed by atoms with Crippen molar-refractivity contribution >= 4 is 10.8 Å². The molecule has 0 saturated heterocycles. The number of phenols is 1. The van der Waals surface area contributed by atoms with Crippen molar-refractivity contribution in [3.05, 3.63) is 29.3 Å². The lowest BCUT2D eigenvalue weighted by molar-refractivity contribution is 0.395. The summed E-state index contributed by atoms with van der Waals surface area (Å²) in [6.07, 6.45) is 2.37. The zero-order valence-electron chi connectivity index (χ0n) is 9.50. The summed E-state index contributed by atoms with van der Waals surface area (Å²) in [5.41, 5.74) is 0.426. The predicted molar refractivity (Wildman–Crippen MR) is 63.3 cm³/mol. The molecule has 0 bridgehead atoms. The van der Waals surface area contributed by atoms with Gasteiger partial charge in [-0.1, -0.05) is 0 Å². The molecule has 0 fully saturated rings. The van der Waals surface area contributed by atoms with E-state index in [-0.39, 0.29) is 0 Å². The van der Waals surface area contributed by atoms with Crippen molar-refractivity contribution in [2.75, 3.05) is 18.6 Å². The van der Waals surface area contributed by atoms with E-state index in [0.29, 0.717) is 24.4 Å². The number of phenolic OH excluding ortho intramolecular Hbond substituents is 1. The zero-order chi connectivity index (χ0) is 12.8. The van der Waals surface area contributed by atoms with Crippen LogP contribution in [0, 0.1) is 11.6 Å². The number of halogens is 2. The standard InChI is InChI=1S/C11H15F2NO2S/c1-17(16)4-2-3-14-7-8-5-9(12)11(15)10(13)6-8/h5-6,14-15H,2-4,7H2,1H3. The van der Waals surface area contributed by atoms with Gasteiger partial charge in [0.1, 0.15) is 0 Å². The number of aromatic hydroxyl groups is 1. The minimum absolute atomic E-state index is 0.310. The van der Waals surface area contributed by atoms with Gasteiger partial charge in [-0.3, -0.25) is 4.21 Å². The van der Waals surface area contributed by atoms with E-state index in [0.717, 1.165) is 18.6 Å². The maximum absolute atomic E-state index is 13.0. The Hall–Kier alpha value is -1.01. The summed E-state index contributed by atoms with van der Waals surface area (Å²) in [7, 11) is -0.817. The van der Waals surface area contributed by atoms with Crippen LogP contribution < -0.4 is 5.32 Å². The number of hydrogen-bond acceptors (Lipinski definition) is 3. The summed E-state index contributed by atoms with van der Waals surface area (Å²) in [6, 6.07) is 2.17. The summed E-state index contributed by atoms with van der Waals surface area (Å²) in [4.78, 5) is 0.